The monoisotopic (exact) mass is 289 g/mol. The van der Waals surface area contributed by atoms with Crippen LogP contribution in [0.4, 0.5) is 0 Å². The molecule has 20 heavy (non-hydrogen) atoms. The zero-order chi connectivity index (χ0) is 14.5. The SMILES string of the molecule is Cc1ccc(OCc2ccc(C(C)CN)cc2)c(Cl)c1. The van der Waals surface area contributed by atoms with Crippen molar-refractivity contribution in [1.82, 2.24) is 0 Å². The molecule has 0 fully saturated rings. The fourth-order valence-electron chi connectivity index (χ4n) is 1.96. The molecular weight excluding hydrogens is 270 g/mol. The summed E-state index contributed by atoms with van der Waals surface area (Å²) < 4.78 is 5.75. The van der Waals surface area contributed by atoms with Crippen LogP contribution < -0.4 is 10.5 Å². The summed E-state index contributed by atoms with van der Waals surface area (Å²) in [5.74, 6) is 1.10. The molecule has 2 rings (SSSR count). The van der Waals surface area contributed by atoms with Crippen molar-refractivity contribution in [1.29, 1.82) is 0 Å². The highest BCUT2D eigenvalue weighted by Gasteiger charge is 2.04. The molecule has 0 aliphatic heterocycles. The van der Waals surface area contributed by atoms with Gasteiger partial charge in [0.15, 0.2) is 0 Å². The fraction of sp³-hybridized carbons (Fsp3) is 0.294. The fourth-order valence-corrected chi connectivity index (χ4v) is 2.25. The predicted octanol–water partition coefficient (Wildman–Crippen LogP) is 4.29. The Balaban J connectivity index is 2.00. The molecule has 0 radical (unpaired) electrons. The minimum absolute atomic E-state index is 0.386. The smallest absolute Gasteiger partial charge is 0.138 e. The summed E-state index contributed by atoms with van der Waals surface area (Å²) in [5.41, 5.74) is 9.17. The lowest BCUT2D eigenvalue weighted by Crippen LogP contribution is -2.08. The van der Waals surface area contributed by atoms with Gasteiger partial charge in [-0.1, -0.05) is 48.9 Å². The van der Waals surface area contributed by atoms with Crippen LogP contribution in [0.3, 0.4) is 0 Å². The molecule has 106 valence electrons. The highest BCUT2D eigenvalue weighted by atomic mass is 35.5. The Hall–Kier alpha value is -1.51. The van der Waals surface area contributed by atoms with E-state index in [1.54, 1.807) is 0 Å². The van der Waals surface area contributed by atoms with Gasteiger partial charge in [-0.3, -0.25) is 0 Å². The Bertz CT molecular complexity index is 566. The van der Waals surface area contributed by atoms with Gasteiger partial charge in [-0.25, -0.2) is 0 Å². The van der Waals surface area contributed by atoms with Crippen LogP contribution in [-0.2, 0) is 6.61 Å². The van der Waals surface area contributed by atoms with Gasteiger partial charge in [0.05, 0.1) is 5.02 Å². The molecule has 0 aromatic heterocycles. The van der Waals surface area contributed by atoms with Crippen molar-refractivity contribution >= 4 is 11.6 Å². The van der Waals surface area contributed by atoms with Gasteiger partial charge in [0.1, 0.15) is 12.4 Å². The first-order valence-electron chi connectivity index (χ1n) is 6.78. The summed E-state index contributed by atoms with van der Waals surface area (Å²) in [6.07, 6.45) is 0. The van der Waals surface area contributed by atoms with Crippen molar-refractivity contribution < 1.29 is 4.74 Å². The molecule has 0 bridgehead atoms. The number of ether oxygens (including phenoxy) is 1. The Morgan fingerprint density at radius 2 is 1.85 bits per heavy atom. The average molecular weight is 290 g/mol. The maximum absolute atomic E-state index is 6.14. The number of halogens is 1. The first kappa shape index (κ1) is 14.9. The van der Waals surface area contributed by atoms with Crippen LogP contribution in [0.15, 0.2) is 42.5 Å². The highest BCUT2D eigenvalue weighted by Crippen LogP contribution is 2.26. The Labute approximate surface area is 125 Å². The van der Waals surface area contributed by atoms with E-state index in [9.17, 15) is 0 Å². The molecule has 0 amide bonds. The molecule has 2 aromatic carbocycles. The number of nitrogens with two attached hydrogens (primary N) is 1. The van der Waals surface area contributed by atoms with Crippen LogP contribution in [0.2, 0.25) is 5.02 Å². The van der Waals surface area contributed by atoms with Gasteiger partial charge >= 0.3 is 0 Å². The predicted molar refractivity (Wildman–Crippen MR) is 84.4 cm³/mol. The summed E-state index contributed by atoms with van der Waals surface area (Å²) in [7, 11) is 0. The first-order chi connectivity index (χ1) is 9.60. The summed E-state index contributed by atoms with van der Waals surface area (Å²) in [6.45, 7) is 5.31. The van der Waals surface area contributed by atoms with E-state index < -0.39 is 0 Å². The molecule has 0 aliphatic carbocycles. The molecule has 0 heterocycles. The van der Waals surface area contributed by atoms with E-state index in [0.717, 1.165) is 16.9 Å². The second-order valence-electron chi connectivity index (χ2n) is 5.10. The van der Waals surface area contributed by atoms with Gasteiger partial charge in [-0.2, -0.15) is 0 Å². The van der Waals surface area contributed by atoms with Crippen molar-refractivity contribution in [3.8, 4) is 5.75 Å². The minimum atomic E-state index is 0.386. The average Bonchev–Trinajstić information content (AvgIpc) is 2.46. The molecule has 2 aromatic rings. The maximum atomic E-state index is 6.14. The highest BCUT2D eigenvalue weighted by molar-refractivity contribution is 6.32. The van der Waals surface area contributed by atoms with Gasteiger partial charge < -0.3 is 10.5 Å². The van der Waals surface area contributed by atoms with Crippen molar-refractivity contribution in [2.24, 2.45) is 5.73 Å². The van der Waals surface area contributed by atoms with E-state index in [0.29, 0.717) is 24.1 Å². The summed E-state index contributed by atoms with van der Waals surface area (Å²) in [5, 5.41) is 0.651. The lowest BCUT2D eigenvalue weighted by atomic mass is 10.0. The van der Waals surface area contributed by atoms with Crippen LogP contribution in [0.25, 0.3) is 0 Å². The third-order valence-corrected chi connectivity index (χ3v) is 3.68. The first-order valence-corrected chi connectivity index (χ1v) is 7.16. The number of rotatable bonds is 5. The lowest BCUT2D eigenvalue weighted by Gasteiger charge is -2.11. The van der Waals surface area contributed by atoms with Crippen LogP contribution >= 0.6 is 11.6 Å². The zero-order valence-electron chi connectivity index (χ0n) is 11.9. The second kappa shape index (κ2) is 6.78. The molecule has 2 nitrogen and oxygen atoms in total. The molecular formula is C17H20ClNO. The van der Waals surface area contributed by atoms with E-state index in [-0.39, 0.29) is 0 Å². The van der Waals surface area contributed by atoms with Crippen molar-refractivity contribution in [3.05, 3.63) is 64.2 Å². The molecule has 0 saturated carbocycles. The van der Waals surface area contributed by atoms with Gasteiger partial charge in [0.2, 0.25) is 0 Å². The second-order valence-corrected chi connectivity index (χ2v) is 5.51. The zero-order valence-corrected chi connectivity index (χ0v) is 12.7. The Kier molecular flexibility index (Phi) is 5.05. The summed E-state index contributed by atoms with van der Waals surface area (Å²) in [6, 6.07) is 14.2. The number of benzene rings is 2. The summed E-state index contributed by atoms with van der Waals surface area (Å²) >= 11 is 6.14. The van der Waals surface area contributed by atoms with E-state index in [2.05, 4.69) is 31.2 Å². The standard InChI is InChI=1S/C17H20ClNO/c1-12-3-8-17(16(18)9-12)20-11-14-4-6-15(7-5-14)13(2)10-19/h3-9,13H,10-11,19H2,1-2H3. The molecule has 1 atom stereocenters. The number of hydrogen-bond donors (Lipinski definition) is 1. The van der Waals surface area contributed by atoms with E-state index >= 15 is 0 Å². The van der Waals surface area contributed by atoms with Gasteiger partial charge in [-0.05, 0) is 48.2 Å². The number of aryl methyl sites for hydroxylation is 1. The van der Waals surface area contributed by atoms with Crippen LogP contribution in [0.5, 0.6) is 5.75 Å². The van der Waals surface area contributed by atoms with Crippen LogP contribution in [0.1, 0.15) is 29.5 Å². The van der Waals surface area contributed by atoms with Gasteiger partial charge in [-0.15, -0.1) is 0 Å². The molecule has 0 aliphatic rings. The molecule has 0 spiro atoms. The van der Waals surface area contributed by atoms with Crippen molar-refractivity contribution in [3.63, 3.8) is 0 Å². The third-order valence-electron chi connectivity index (χ3n) is 3.38. The van der Waals surface area contributed by atoms with Gasteiger partial charge in [0, 0.05) is 0 Å². The molecule has 3 heteroatoms. The molecule has 0 saturated heterocycles. The van der Waals surface area contributed by atoms with Crippen molar-refractivity contribution in [2.45, 2.75) is 26.4 Å². The third kappa shape index (κ3) is 3.75. The summed E-state index contributed by atoms with van der Waals surface area (Å²) in [4.78, 5) is 0. The number of hydrogen-bond acceptors (Lipinski definition) is 2. The molecule has 2 N–H and O–H groups in total. The minimum Gasteiger partial charge on any atom is -0.487 e. The normalized spacial score (nSPS) is 12.2. The molecule has 1 unspecified atom stereocenters. The Morgan fingerprint density at radius 3 is 2.45 bits per heavy atom. The van der Waals surface area contributed by atoms with Crippen LogP contribution in [0, 0.1) is 6.92 Å². The topological polar surface area (TPSA) is 35.2 Å². The Morgan fingerprint density at radius 1 is 1.15 bits per heavy atom. The quantitative estimate of drug-likeness (QED) is 0.891. The maximum Gasteiger partial charge on any atom is 0.138 e. The van der Waals surface area contributed by atoms with Crippen LogP contribution in [-0.4, -0.2) is 6.54 Å². The van der Waals surface area contributed by atoms with E-state index in [1.807, 2.05) is 25.1 Å². The van der Waals surface area contributed by atoms with Gasteiger partial charge in [0.25, 0.3) is 0 Å². The van der Waals surface area contributed by atoms with E-state index in [1.165, 1.54) is 5.56 Å². The van der Waals surface area contributed by atoms with Crippen molar-refractivity contribution in [2.75, 3.05) is 6.54 Å². The largest absolute Gasteiger partial charge is 0.487 e. The lowest BCUT2D eigenvalue weighted by molar-refractivity contribution is 0.306. The van der Waals surface area contributed by atoms with E-state index in [4.69, 9.17) is 22.1 Å².